The highest BCUT2D eigenvalue weighted by Crippen LogP contribution is 2.28. The zero-order valence-electron chi connectivity index (χ0n) is 12.7. The molecule has 0 saturated heterocycles. The lowest BCUT2D eigenvalue weighted by atomic mass is 10.2. The average Bonchev–Trinajstić information content (AvgIpc) is 2.50. The maximum absolute atomic E-state index is 8.65. The van der Waals surface area contributed by atoms with E-state index in [2.05, 4.69) is 17.2 Å². The van der Waals surface area contributed by atoms with Crippen LogP contribution in [0.4, 0.5) is 0 Å². The molecular formula is C16H26N2O3. The van der Waals surface area contributed by atoms with Gasteiger partial charge in [0.25, 0.3) is 0 Å². The van der Waals surface area contributed by atoms with Crippen molar-refractivity contribution in [3.8, 4) is 11.5 Å². The third-order valence-electron chi connectivity index (χ3n) is 2.76. The van der Waals surface area contributed by atoms with Crippen LogP contribution in [0, 0.1) is 0 Å². The largest absolute Gasteiger partial charge is 0.490 e. The van der Waals surface area contributed by atoms with E-state index in [0.29, 0.717) is 19.8 Å². The van der Waals surface area contributed by atoms with Gasteiger partial charge in [0.05, 0.1) is 13.2 Å². The second-order valence-electron chi connectivity index (χ2n) is 4.46. The lowest BCUT2D eigenvalue weighted by molar-refractivity contribution is 0.292. The predicted octanol–water partition coefficient (Wildman–Crippen LogP) is 1.32. The van der Waals surface area contributed by atoms with Crippen LogP contribution in [-0.4, -0.2) is 44.6 Å². The van der Waals surface area contributed by atoms with Crippen molar-refractivity contribution in [2.45, 2.75) is 13.5 Å². The van der Waals surface area contributed by atoms with Crippen molar-refractivity contribution in [2.75, 3.05) is 39.5 Å². The molecule has 0 bridgehead atoms. The van der Waals surface area contributed by atoms with Crippen LogP contribution in [0.15, 0.2) is 30.9 Å². The Morgan fingerprint density at radius 3 is 2.67 bits per heavy atom. The number of ether oxygens (including phenoxy) is 2. The van der Waals surface area contributed by atoms with Gasteiger partial charge in [-0.1, -0.05) is 18.7 Å². The van der Waals surface area contributed by atoms with Crippen LogP contribution in [0.2, 0.25) is 0 Å². The molecule has 5 heteroatoms. The summed E-state index contributed by atoms with van der Waals surface area (Å²) in [5.74, 6) is 1.50. The minimum Gasteiger partial charge on any atom is -0.490 e. The second kappa shape index (κ2) is 11.1. The zero-order valence-corrected chi connectivity index (χ0v) is 12.7. The van der Waals surface area contributed by atoms with Crippen LogP contribution in [0.5, 0.6) is 11.5 Å². The normalized spacial score (nSPS) is 10.4. The molecule has 0 saturated carbocycles. The highest BCUT2D eigenvalue weighted by atomic mass is 16.5. The molecule has 0 spiro atoms. The molecule has 0 aromatic heterocycles. The highest BCUT2D eigenvalue weighted by molar-refractivity contribution is 5.43. The first-order valence-electron chi connectivity index (χ1n) is 7.33. The Morgan fingerprint density at radius 2 is 1.95 bits per heavy atom. The summed E-state index contributed by atoms with van der Waals surface area (Å²) in [5, 5.41) is 15.1. The Morgan fingerprint density at radius 1 is 1.14 bits per heavy atom. The summed E-state index contributed by atoms with van der Waals surface area (Å²) in [6.45, 7) is 9.91. The van der Waals surface area contributed by atoms with E-state index in [-0.39, 0.29) is 6.61 Å². The number of benzene rings is 1. The quantitative estimate of drug-likeness (QED) is 0.401. The Labute approximate surface area is 127 Å². The second-order valence-corrected chi connectivity index (χ2v) is 4.46. The molecule has 0 unspecified atom stereocenters. The molecule has 5 nitrogen and oxygen atoms in total. The first-order chi connectivity index (χ1) is 10.3. The summed E-state index contributed by atoms with van der Waals surface area (Å²) in [5.41, 5.74) is 1.14. The number of aliphatic hydroxyl groups excluding tert-OH is 1. The molecule has 0 radical (unpaired) electrons. The van der Waals surface area contributed by atoms with Crippen LogP contribution >= 0.6 is 0 Å². The zero-order chi connectivity index (χ0) is 15.3. The lowest BCUT2D eigenvalue weighted by Gasteiger charge is -2.13. The van der Waals surface area contributed by atoms with Crippen molar-refractivity contribution in [1.29, 1.82) is 0 Å². The fraction of sp³-hybridized carbons (Fsp3) is 0.500. The number of aliphatic hydroxyl groups is 1. The Kier molecular flexibility index (Phi) is 9.28. The Hall–Kier alpha value is -1.56. The molecule has 118 valence electrons. The van der Waals surface area contributed by atoms with Crippen molar-refractivity contribution in [1.82, 2.24) is 10.6 Å². The highest BCUT2D eigenvalue weighted by Gasteiger charge is 2.06. The third-order valence-corrected chi connectivity index (χ3v) is 2.76. The van der Waals surface area contributed by atoms with Gasteiger partial charge < -0.3 is 25.2 Å². The van der Waals surface area contributed by atoms with E-state index in [0.717, 1.165) is 36.7 Å². The van der Waals surface area contributed by atoms with Gasteiger partial charge in [-0.3, -0.25) is 0 Å². The van der Waals surface area contributed by atoms with Crippen LogP contribution in [-0.2, 0) is 6.54 Å². The summed E-state index contributed by atoms with van der Waals surface area (Å²) in [7, 11) is 0. The standard InChI is InChI=1S/C16H26N2O3/c1-3-11-21-15-6-5-14(12-16(15)20-4-2)13-18-8-7-17-9-10-19/h3,5-6,12,17-19H,1,4,7-11,13H2,2H3. The van der Waals surface area contributed by atoms with Gasteiger partial charge in [0, 0.05) is 26.2 Å². The van der Waals surface area contributed by atoms with E-state index in [4.69, 9.17) is 14.6 Å². The fourth-order valence-corrected chi connectivity index (χ4v) is 1.81. The maximum atomic E-state index is 8.65. The van der Waals surface area contributed by atoms with E-state index in [1.807, 2.05) is 25.1 Å². The predicted molar refractivity (Wildman–Crippen MR) is 85.0 cm³/mol. The molecular weight excluding hydrogens is 268 g/mol. The van der Waals surface area contributed by atoms with Crippen molar-refractivity contribution in [2.24, 2.45) is 0 Å². The Bertz CT molecular complexity index is 411. The van der Waals surface area contributed by atoms with Gasteiger partial charge in [0.1, 0.15) is 6.61 Å². The molecule has 0 atom stereocenters. The van der Waals surface area contributed by atoms with Crippen LogP contribution in [0.3, 0.4) is 0 Å². The van der Waals surface area contributed by atoms with Gasteiger partial charge in [0.15, 0.2) is 11.5 Å². The van der Waals surface area contributed by atoms with Crippen LogP contribution < -0.4 is 20.1 Å². The number of hydrogen-bond donors (Lipinski definition) is 3. The first kappa shape index (κ1) is 17.5. The van der Waals surface area contributed by atoms with Crippen LogP contribution in [0.1, 0.15) is 12.5 Å². The molecule has 3 N–H and O–H groups in total. The van der Waals surface area contributed by atoms with Crippen LogP contribution in [0.25, 0.3) is 0 Å². The number of nitrogens with one attached hydrogen (secondary N) is 2. The topological polar surface area (TPSA) is 62.8 Å². The van der Waals surface area contributed by atoms with E-state index >= 15 is 0 Å². The molecule has 0 aliphatic rings. The van der Waals surface area contributed by atoms with Gasteiger partial charge in [-0.2, -0.15) is 0 Å². The molecule has 1 aromatic rings. The molecule has 21 heavy (non-hydrogen) atoms. The van der Waals surface area contributed by atoms with E-state index < -0.39 is 0 Å². The minimum atomic E-state index is 0.171. The van der Waals surface area contributed by atoms with Gasteiger partial charge >= 0.3 is 0 Å². The number of rotatable bonds is 12. The first-order valence-corrected chi connectivity index (χ1v) is 7.33. The molecule has 0 aliphatic heterocycles. The number of hydrogen-bond acceptors (Lipinski definition) is 5. The van der Waals surface area contributed by atoms with Gasteiger partial charge in [-0.05, 0) is 24.6 Å². The van der Waals surface area contributed by atoms with Crippen molar-refractivity contribution < 1.29 is 14.6 Å². The molecule has 0 fully saturated rings. The molecule has 1 rings (SSSR count). The van der Waals surface area contributed by atoms with Crippen molar-refractivity contribution in [3.63, 3.8) is 0 Å². The average molecular weight is 294 g/mol. The smallest absolute Gasteiger partial charge is 0.161 e. The monoisotopic (exact) mass is 294 g/mol. The summed E-state index contributed by atoms with van der Waals surface area (Å²) < 4.78 is 11.2. The van der Waals surface area contributed by atoms with Crippen molar-refractivity contribution in [3.05, 3.63) is 36.4 Å². The SMILES string of the molecule is C=CCOc1ccc(CNCCNCCO)cc1OCC. The van der Waals surface area contributed by atoms with E-state index in [1.54, 1.807) is 6.08 Å². The summed E-state index contributed by atoms with van der Waals surface area (Å²) >= 11 is 0. The molecule has 0 aliphatic carbocycles. The third kappa shape index (κ3) is 7.13. The molecule has 0 amide bonds. The fourth-order valence-electron chi connectivity index (χ4n) is 1.81. The van der Waals surface area contributed by atoms with Gasteiger partial charge in [0.2, 0.25) is 0 Å². The molecule has 1 aromatic carbocycles. The summed E-state index contributed by atoms with van der Waals surface area (Å²) in [4.78, 5) is 0. The lowest BCUT2D eigenvalue weighted by Crippen LogP contribution is -2.28. The van der Waals surface area contributed by atoms with E-state index in [9.17, 15) is 0 Å². The molecule has 0 heterocycles. The Balaban J connectivity index is 2.47. The summed E-state index contributed by atoms with van der Waals surface area (Å²) in [6.07, 6.45) is 1.71. The van der Waals surface area contributed by atoms with Gasteiger partial charge in [-0.15, -0.1) is 0 Å². The minimum absolute atomic E-state index is 0.171. The maximum Gasteiger partial charge on any atom is 0.161 e. The van der Waals surface area contributed by atoms with Crippen molar-refractivity contribution >= 4 is 0 Å². The van der Waals surface area contributed by atoms with E-state index in [1.165, 1.54) is 0 Å². The summed E-state index contributed by atoms with van der Waals surface area (Å²) in [6, 6.07) is 5.95. The van der Waals surface area contributed by atoms with Gasteiger partial charge in [-0.25, -0.2) is 0 Å².